The summed E-state index contributed by atoms with van der Waals surface area (Å²) >= 11 is 0. The molecule has 0 atom stereocenters. The summed E-state index contributed by atoms with van der Waals surface area (Å²) in [5.41, 5.74) is 2.73. The first-order chi connectivity index (χ1) is 5.97. The standard InChI is InChI=1S/C12H12/c1-2-4-8-12-10-6-5-9-11(12)7-3-1/h1-4,7-10H,5-6H2. The lowest BCUT2D eigenvalue weighted by atomic mass is 9.96. The number of hydrogen-bond donors (Lipinski definition) is 0. The molecule has 0 aromatic heterocycles. The fraction of sp³-hybridized carbons (Fsp3) is 0.167. The molecule has 2 aliphatic carbocycles. The van der Waals surface area contributed by atoms with Gasteiger partial charge in [0.15, 0.2) is 0 Å². The summed E-state index contributed by atoms with van der Waals surface area (Å²) in [6.45, 7) is 0. The van der Waals surface area contributed by atoms with Crippen LogP contribution in [-0.4, -0.2) is 0 Å². The minimum Gasteiger partial charge on any atom is -0.0764 e. The van der Waals surface area contributed by atoms with Crippen LogP contribution in [0.4, 0.5) is 0 Å². The molecule has 0 saturated carbocycles. The predicted molar refractivity (Wildman–Crippen MR) is 52.8 cm³/mol. The van der Waals surface area contributed by atoms with Gasteiger partial charge in [0.05, 0.1) is 0 Å². The molecule has 0 radical (unpaired) electrons. The molecule has 2 rings (SSSR count). The first kappa shape index (κ1) is 7.35. The molecular weight excluding hydrogens is 144 g/mol. The van der Waals surface area contributed by atoms with Crippen LogP contribution in [0.3, 0.4) is 0 Å². The maximum absolute atomic E-state index is 2.30. The zero-order chi connectivity index (χ0) is 8.23. The molecule has 0 amide bonds. The third-order valence-corrected chi connectivity index (χ3v) is 2.11. The van der Waals surface area contributed by atoms with Gasteiger partial charge in [-0.2, -0.15) is 0 Å². The second-order valence-corrected chi connectivity index (χ2v) is 3.00. The Morgan fingerprint density at radius 1 is 0.667 bits per heavy atom. The molecular formula is C12H12. The summed E-state index contributed by atoms with van der Waals surface area (Å²) in [6.07, 6.45) is 19.6. The van der Waals surface area contributed by atoms with Gasteiger partial charge in [0.2, 0.25) is 0 Å². The average Bonchev–Trinajstić information content (AvgIpc) is 2.06. The van der Waals surface area contributed by atoms with Crippen LogP contribution < -0.4 is 0 Å². The van der Waals surface area contributed by atoms with E-state index in [-0.39, 0.29) is 0 Å². The highest BCUT2D eigenvalue weighted by molar-refractivity contribution is 5.50. The summed E-state index contributed by atoms with van der Waals surface area (Å²) < 4.78 is 0. The highest BCUT2D eigenvalue weighted by Crippen LogP contribution is 2.21. The second kappa shape index (κ2) is 3.40. The van der Waals surface area contributed by atoms with Crippen LogP contribution in [0.2, 0.25) is 0 Å². The SMILES string of the molecule is C1=CC=CC2=CCCC=C2C=C1. The van der Waals surface area contributed by atoms with Crippen molar-refractivity contribution in [3.63, 3.8) is 0 Å². The summed E-state index contributed by atoms with van der Waals surface area (Å²) in [7, 11) is 0. The Morgan fingerprint density at radius 2 is 1.17 bits per heavy atom. The molecule has 2 aliphatic rings. The lowest BCUT2D eigenvalue weighted by molar-refractivity contribution is 1.01. The first-order valence-corrected chi connectivity index (χ1v) is 4.39. The summed E-state index contributed by atoms with van der Waals surface area (Å²) in [5.74, 6) is 0. The molecule has 0 aromatic rings. The van der Waals surface area contributed by atoms with E-state index in [1.54, 1.807) is 0 Å². The van der Waals surface area contributed by atoms with Crippen molar-refractivity contribution in [3.05, 3.63) is 59.8 Å². The fourth-order valence-electron chi connectivity index (χ4n) is 1.49. The quantitative estimate of drug-likeness (QED) is 0.504. The van der Waals surface area contributed by atoms with E-state index < -0.39 is 0 Å². The highest BCUT2D eigenvalue weighted by atomic mass is 14.1. The van der Waals surface area contributed by atoms with Crippen LogP contribution in [0.1, 0.15) is 12.8 Å². The van der Waals surface area contributed by atoms with Gasteiger partial charge in [-0.15, -0.1) is 0 Å². The fourth-order valence-corrected chi connectivity index (χ4v) is 1.49. The Labute approximate surface area is 73.3 Å². The minimum absolute atomic E-state index is 1.18. The Bertz CT molecular complexity index is 277. The van der Waals surface area contributed by atoms with E-state index in [0.717, 1.165) is 0 Å². The van der Waals surface area contributed by atoms with Crippen molar-refractivity contribution >= 4 is 0 Å². The second-order valence-electron chi connectivity index (χ2n) is 3.00. The maximum Gasteiger partial charge on any atom is -0.0227 e. The van der Waals surface area contributed by atoms with E-state index in [0.29, 0.717) is 0 Å². The molecule has 12 heavy (non-hydrogen) atoms. The van der Waals surface area contributed by atoms with Crippen molar-refractivity contribution in [2.75, 3.05) is 0 Å². The van der Waals surface area contributed by atoms with Gasteiger partial charge in [-0.25, -0.2) is 0 Å². The summed E-state index contributed by atoms with van der Waals surface area (Å²) in [4.78, 5) is 0. The molecule has 0 nitrogen and oxygen atoms in total. The van der Waals surface area contributed by atoms with Gasteiger partial charge in [-0.3, -0.25) is 0 Å². The van der Waals surface area contributed by atoms with Gasteiger partial charge < -0.3 is 0 Å². The molecule has 0 spiro atoms. The van der Waals surface area contributed by atoms with Crippen LogP contribution in [0, 0.1) is 0 Å². The van der Waals surface area contributed by atoms with Crippen LogP contribution in [0.15, 0.2) is 59.8 Å². The van der Waals surface area contributed by atoms with Crippen molar-refractivity contribution < 1.29 is 0 Å². The van der Waals surface area contributed by atoms with Crippen molar-refractivity contribution in [3.8, 4) is 0 Å². The first-order valence-electron chi connectivity index (χ1n) is 4.39. The van der Waals surface area contributed by atoms with Crippen molar-refractivity contribution in [1.29, 1.82) is 0 Å². The molecule has 0 saturated heterocycles. The molecule has 0 N–H and O–H groups in total. The van der Waals surface area contributed by atoms with E-state index in [9.17, 15) is 0 Å². The van der Waals surface area contributed by atoms with E-state index >= 15 is 0 Å². The molecule has 0 bridgehead atoms. The molecule has 0 unspecified atom stereocenters. The van der Waals surface area contributed by atoms with Crippen LogP contribution in [0.25, 0.3) is 0 Å². The van der Waals surface area contributed by atoms with Crippen LogP contribution in [0.5, 0.6) is 0 Å². The van der Waals surface area contributed by atoms with Crippen molar-refractivity contribution in [2.24, 2.45) is 0 Å². The molecule has 60 valence electrons. The Hall–Kier alpha value is -1.30. The van der Waals surface area contributed by atoms with Crippen LogP contribution >= 0.6 is 0 Å². The Morgan fingerprint density at radius 3 is 1.67 bits per heavy atom. The van der Waals surface area contributed by atoms with Gasteiger partial charge in [-0.05, 0) is 24.0 Å². The summed E-state index contributed by atoms with van der Waals surface area (Å²) in [6, 6.07) is 0. The smallest absolute Gasteiger partial charge is 0.0227 e. The van der Waals surface area contributed by atoms with Gasteiger partial charge >= 0.3 is 0 Å². The molecule has 0 fully saturated rings. The monoisotopic (exact) mass is 156 g/mol. The van der Waals surface area contributed by atoms with Gasteiger partial charge in [0, 0.05) is 0 Å². The number of rotatable bonds is 0. The lowest BCUT2D eigenvalue weighted by Crippen LogP contribution is -1.90. The van der Waals surface area contributed by atoms with Gasteiger partial charge in [0.1, 0.15) is 0 Å². The third kappa shape index (κ3) is 1.48. The largest absolute Gasteiger partial charge is 0.0764 e. The Kier molecular flexibility index (Phi) is 2.08. The minimum atomic E-state index is 1.18. The third-order valence-electron chi connectivity index (χ3n) is 2.11. The van der Waals surface area contributed by atoms with Crippen LogP contribution in [-0.2, 0) is 0 Å². The molecule has 0 heteroatoms. The number of fused-ring (bicyclic) bond motifs is 1. The highest BCUT2D eigenvalue weighted by Gasteiger charge is 2.02. The topological polar surface area (TPSA) is 0 Å². The molecule has 0 aromatic carbocycles. The van der Waals surface area contributed by atoms with E-state index in [2.05, 4.69) is 48.6 Å². The van der Waals surface area contributed by atoms with E-state index in [1.165, 1.54) is 24.0 Å². The number of hydrogen-bond acceptors (Lipinski definition) is 0. The van der Waals surface area contributed by atoms with Gasteiger partial charge in [-0.1, -0.05) is 48.6 Å². The molecule has 0 heterocycles. The van der Waals surface area contributed by atoms with E-state index in [1.807, 2.05) is 0 Å². The normalized spacial score (nSPS) is 20.7. The zero-order valence-corrected chi connectivity index (χ0v) is 7.03. The summed E-state index contributed by atoms with van der Waals surface area (Å²) in [5, 5.41) is 0. The number of allylic oxidation sites excluding steroid dienone is 10. The average molecular weight is 156 g/mol. The van der Waals surface area contributed by atoms with Crippen molar-refractivity contribution in [2.45, 2.75) is 12.8 Å². The van der Waals surface area contributed by atoms with Gasteiger partial charge in [0.25, 0.3) is 0 Å². The Balaban J connectivity index is 2.39. The molecule has 0 aliphatic heterocycles. The van der Waals surface area contributed by atoms with Crippen molar-refractivity contribution in [1.82, 2.24) is 0 Å². The predicted octanol–water partition coefficient (Wildman–Crippen LogP) is 3.32. The van der Waals surface area contributed by atoms with E-state index in [4.69, 9.17) is 0 Å². The lowest BCUT2D eigenvalue weighted by Gasteiger charge is -2.09. The zero-order valence-electron chi connectivity index (χ0n) is 7.03. The maximum atomic E-state index is 2.30.